The van der Waals surface area contributed by atoms with E-state index in [2.05, 4.69) is 21.2 Å². The van der Waals surface area contributed by atoms with Gasteiger partial charge < -0.3 is 10.1 Å². The van der Waals surface area contributed by atoms with E-state index in [0.29, 0.717) is 30.3 Å². The van der Waals surface area contributed by atoms with E-state index in [1.165, 1.54) is 0 Å². The van der Waals surface area contributed by atoms with Crippen LogP contribution in [-0.2, 0) is 4.74 Å². The van der Waals surface area contributed by atoms with Crippen molar-refractivity contribution in [3.63, 3.8) is 0 Å². The molecule has 1 aromatic rings. The highest BCUT2D eigenvalue weighted by atomic mass is 79.9. The molecule has 1 N–H and O–H groups in total. The fraction of sp³-hybridized carbons (Fsp3) is 0.417. The van der Waals surface area contributed by atoms with Crippen molar-refractivity contribution >= 4 is 33.4 Å². The van der Waals surface area contributed by atoms with Crippen LogP contribution in [0.4, 0.5) is 0 Å². The van der Waals surface area contributed by atoms with E-state index < -0.39 is 0 Å². The van der Waals surface area contributed by atoms with Crippen molar-refractivity contribution in [2.75, 3.05) is 25.1 Å². The van der Waals surface area contributed by atoms with Crippen LogP contribution in [-0.4, -0.2) is 31.0 Å². The number of hydrogen-bond acceptors (Lipinski definition) is 2. The summed E-state index contributed by atoms with van der Waals surface area (Å²) < 4.78 is 5.24. The van der Waals surface area contributed by atoms with Gasteiger partial charge in [-0.3, -0.25) is 4.79 Å². The topological polar surface area (TPSA) is 38.3 Å². The predicted molar refractivity (Wildman–Crippen MR) is 73.1 cm³/mol. The van der Waals surface area contributed by atoms with E-state index in [4.69, 9.17) is 16.3 Å². The molecular weight excluding hydrogens is 305 g/mol. The molecule has 1 rings (SSSR count). The Labute approximate surface area is 115 Å². The first-order chi connectivity index (χ1) is 8.16. The molecule has 0 unspecified atom stereocenters. The lowest BCUT2D eigenvalue weighted by Gasteiger charge is -2.08. The van der Waals surface area contributed by atoms with Gasteiger partial charge in [0.1, 0.15) is 0 Å². The molecule has 94 valence electrons. The normalized spacial score (nSPS) is 10.3. The van der Waals surface area contributed by atoms with Crippen LogP contribution in [0.25, 0.3) is 0 Å². The van der Waals surface area contributed by atoms with Crippen molar-refractivity contribution in [2.45, 2.75) is 6.92 Å². The molecule has 1 amide bonds. The maximum atomic E-state index is 11.8. The summed E-state index contributed by atoms with van der Waals surface area (Å²) in [5.41, 5.74) is 1.41. The zero-order chi connectivity index (χ0) is 12.7. The van der Waals surface area contributed by atoms with Gasteiger partial charge in [0.05, 0.1) is 13.2 Å². The minimum absolute atomic E-state index is 0.118. The molecule has 0 radical (unpaired) electrons. The van der Waals surface area contributed by atoms with Crippen LogP contribution < -0.4 is 5.32 Å². The molecule has 3 nitrogen and oxygen atoms in total. The number of amides is 1. The van der Waals surface area contributed by atoms with Crippen LogP contribution >= 0.6 is 27.5 Å². The van der Waals surface area contributed by atoms with Crippen LogP contribution in [0.3, 0.4) is 0 Å². The zero-order valence-corrected chi connectivity index (χ0v) is 12.0. The van der Waals surface area contributed by atoms with Gasteiger partial charge in [0.25, 0.3) is 5.91 Å². The standard InChI is InChI=1S/C12H15BrClNO2/c1-9-10(3-2-4-11(9)14)12(16)15-6-8-17-7-5-13/h2-4H,5-8H2,1H3,(H,15,16). The summed E-state index contributed by atoms with van der Waals surface area (Å²) in [5.74, 6) is -0.118. The van der Waals surface area contributed by atoms with E-state index in [1.807, 2.05) is 6.92 Å². The maximum absolute atomic E-state index is 11.8. The number of alkyl halides is 1. The lowest BCUT2D eigenvalue weighted by Crippen LogP contribution is -2.28. The Balaban J connectivity index is 2.44. The Bertz CT molecular complexity index is 385. The Kier molecular flexibility index (Phi) is 6.55. The molecule has 0 bridgehead atoms. The zero-order valence-electron chi connectivity index (χ0n) is 9.63. The Morgan fingerprint density at radius 2 is 2.24 bits per heavy atom. The summed E-state index contributed by atoms with van der Waals surface area (Å²) in [6, 6.07) is 5.30. The molecule has 0 fully saturated rings. The van der Waals surface area contributed by atoms with Gasteiger partial charge in [-0.25, -0.2) is 0 Å². The van der Waals surface area contributed by atoms with Crippen molar-refractivity contribution in [2.24, 2.45) is 0 Å². The Morgan fingerprint density at radius 1 is 1.47 bits per heavy atom. The number of nitrogens with one attached hydrogen (secondary N) is 1. The first-order valence-electron chi connectivity index (χ1n) is 5.34. The third kappa shape index (κ3) is 4.66. The molecule has 17 heavy (non-hydrogen) atoms. The minimum Gasteiger partial charge on any atom is -0.379 e. The SMILES string of the molecule is Cc1c(Cl)cccc1C(=O)NCCOCCBr. The molecule has 0 spiro atoms. The number of ether oxygens (including phenoxy) is 1. The van der Waals surface area contributed by atoms with Gasteiger partial charge >= 0.3 is 0 Å². The molecule has 0 aliphatic rings. The average molecular weight is 321 g/mol. The van der Waals surface area contributed by atoms with Crippen molar-refractivity contribution in [3.8, 4) is 0 Å². The highest BCUT2D eigenvalue weighted by molar-refractivity contribution is 9.09. The van der Waals surface area contributed by atoms with Crippen LogP contribution in [0.15, 0.2) is 18.2 Å². The van der Waals surface area contributed by atoms with Crippen LogP contribution in [0.1, 0.15) is 15.9 Å². The summed E-state index contributed by atoms with van der Waals surface area (Å²) in [6.45, 7) is 3.49. The smallest absolute Gasteiger partial charge is 0.251 e. The number of halogens is 2. The molecule has 0 aliphatic carbocycles. The van der Waals surface area contributed by atoms with Crippen molar-refractivity contribution in [1.82, 2.24) is 5.32 Å². The highest BCUT2D eigenvalue weighted by Crippen LogP contribution is 2.18. The number of rotatable bonds is 6. The predicted octanol–water partition coefficient (Wildman–Crippen LogP) is 2.79. The third-order valence-corrected chi connectivity index (χ3v) is 3.00. The first kappa shape index (κ1) is 14.5. The number of benzene rings is 1. The lowest BCUT2D eigenvalue weighted by molar-refractivity contribution is 0.0923. The van der Waals surface area contributed by atoms with E-state index in [9.17, 15) is 4.79 Å². The van der Waals surface area contributed by atoms with Gasteiger partial charge in [0, 0.05) is 22.5 Å². The van der Waals surface area contributed by atoms with Gasteiger partial charge in [0.15, 0.2) is 0 Å². The molecule has 0 aliphatic heterocycles. The molecular formula is C12H15BrClNO2. The molecule has 1 aromatic carbocycles. The van der Waals surface area contributed by atoms with Crippen molar-refractivity contribution < 1.29 is 9.53 Å². The molecule has 0 atom stereocenters. The monoisotopic (exact) mass is 319 g/mol. The Morgan fingerprint density at radius 3 is 2.94 bits per heavy atom. The second-order valence-corrected chi connectivity index (χ2v) is 4.67. The van der Waals surface area contributed by atoms with Gasteiger partial charge in [0.2, 0.25) is 0 Å². The summed E-state index contributed by atoms with van der Waals surface area (Å²) in [5, 5.41) is 4.19. The van der Waals surface area contributed by atoms with Crippen LogP contribution in [0, 0.1) is 6.92 Å². The summed E-state index contributed by atoms with van der Waals surface area (Å²) >= 11 is 9.21. The third-order valence-electron chi connectivity index (χ3n) is 2.27. The largest absolute Gasteiger partial charge is 0.379 e. The first-order valence-corrected chi connectivity index (χ1v) is 6.83. The van der Waals surface area contributed by atoms with Gasteiger partial charge in [-0.05, 0) is 24.6 Å². The second-order valence-electron chi connectivity index (χ2n) is 3.47. The molecule has 0 saturated heterocycles. The summed E-state index contributed by atoms with van der Waals surface area (Å²) in [7, 11) is 0. The number of hydrogen-bond donors (Lipinski definition) is 1. The van der Waals surface area contributed by atoms with E-state index in [1.54, 1.807) is 18.2 Å². The van der Waals surface area contributed by atoms with Gasteiger partial charge in [-0.1, -0.05) is 33.6 Å². The molecule has 5 heteroatoms. The van der Waals surface area contributed by atoms with E-state index >= 15 is 0 Å². The van der Waals surface area contributed by atoms with Crippen LogP contribution in [0.2, 0.25) is 5.02 Å². The van der Waals surface area contributed by atoms with Gasteiger partial charge in [-0.2, -0.15) is 0 Å². The minimum atomic E-state index is -0.118. The van der Waals surface area contributed by atoms with Crippen LogP contribution in [0.5, 0.6) is 0 Å². The summed E-state index contributed by atoms with van der Waals surface area (Å²) in [4.78, 5) is 11.8. The molecule has 0 heterocycles. The second kappa shape index (κ2) is 7.69. The van der Waals surface area contributed by atoms with Crippen molar-refractivity contribution in [3.05, 3.63) is 34.3 Å². The number of carbonyl (C=O) groups is 1. The van der Waals surface area contributed by atoms with Crippen molar-refractivity contribution in [1.29, 1.82) is 0 Å². The fourth-order valence-electron chi connectivity index (χ4n) is 1.34. The average Bonchev–Trinajstić information content (AvgIpc) is 2.32. The highest BCUT2D eigenvalue weighted by Gasteiger charge is 2.09. The number of carbonyl (C=O) groups excluding carboxylic acids is 1. The summed E-state index contributed by atoms with van der Waals surface area (Å²) in [6.07, 6.45) is 0. The Hall–Kier alpha value is -0.580. The molecule has 0 aromatic heterocycles. The van der Waals surface area contributed by atoms with E-state index in [-0.39, 0.29) is 5.91 Å². The lowest BCUT2D eigenvalue weighted by atomic mass is 10.1. The maximum Gasteiger partial charge on any atom is 0.251 e. The van der Waals surface area contributed by atoms with Gasteiger partial charge in [-0.15, -0.1) is 0 Å². The quantitative estimate of drug-likeness (QED) is 0.646. The fourth-order valence-corrected chi connectivity index (χ4v) is 1.75. The van der Waals surface area contributed by atoms with E-state index in [0.717, 1.165) is 10.9 Å². The molecule has 0 saturated carbocycles.